The highest BCUT2D eigenvalue weighted by atomic mass is 15.1. The van der Waals surface area contributed by atoms with Gasteiger partial charge >= 0.3 is 0 Å². The average molecular weight is 843 g/mol. The molecule has 0 saturated heterocycles. The van der Waals surface area contributed by atoms with Crippen LogP contribution in [0.25, 0.3) is 60.9 Å². The molecule has 0 radical (unpaired) electrons. The second-order valence-corrected chi connectivity index (χ2v) is 18.5. The molecule has 0 saturated carbocycles. The van der Waals surface area contributed by atoms with Crippen molar-refractivity contribution in [2.75, 3.05) is 4.90 Å². The fourth-order valence-electron chi connectivity index (χ4n) is 11.6. The highest BCUT2D eigenvalue weighted by Crippen LogP contribution is 2.65. The Morgan fingerprint density at radius 2 is 0.697 bits per heavy atom. The lowest BCUT2D eigenvalue weighted by Crippen LogP contribution is -2.30. The average Bonchev–Trinajstić information content (AvgIpc) is 3.96. The van der Waals surface area contributed by atoms with Gasteiger partial charge in [0.1, 0.15) is 0 Å². The van der Waals surface area contributed by atoms with Crippen LogP contribution in [0.4, 0.5) is 17.1 Å². The molecular weight excluding hydrogens is 797 g/mol. The molecular formula is C64H46N2. The third-order valence-corrected chi connectivity index (χ3v) is 14.6. The van der Waals surface area contributed by atoms with Crippen molar-refractivity contribution in [1.82, 2.24) is 4.57 Å². The van der Waals surface area contributed by atoms with Crippen molar-refractivity contribution in [1.29, 1.82) is 0 Å². The van der Waals surface area contributed by atoms with Gasteiger partial charge in [0.2, 0.25) is 0 Å². The maximum atomic E-state index is 2.52. The van der Waals surface area contributed by atoms with Crippen LogP contribution >= 0.6 is 0 Å². The fourth-order valence-corrected chi connectivity index (χ4v) is 11.6. The van der Waals surface area contributed by atoms with Gasteiger partial charge in [0, 0.05) is 38.9 Å². The SMILES string of the molecule is CC1(C)c2cc(-c3ccccc3)cc3c2-c2c1cc(-c1ccccc1)cc2C3(c1ccc(N(c2ccccc2)c2ccccc2)cc1)c1ccc(-n2c3ccccc3c3ccccc32)cc1. The molecule has 0 amide bonds. The lowest BCUT2D eigenvalue weighted by Gasteiger charge is -2.37. The quantitative estimate of drug-likeness (QED) is 0.148. The van der Waals surface area contributed by atoms with Crippen molar-refractivity contribution < 1.29 is 0 Å². The molecule has 13 rings (SSSR count). The summed E-state index contributed by atoms with van der Waals surface area (Å²) in [5, 5.41) is 2.53. The number of rotatable bonds is 8. The summed E-state index contributed by atoms with van der Waals surface area (Å²) in [5.41, 5.74) is 21.7. The molecule has 10 aromatic carbocycles. The van der Waals surface area contributed by atoms with Crippen LogP contribution in [0.1, 0.15) is 47.2 Å². The molecule has 1 heterocycles. The first-order valence-corrected chi connectivity index (χ1v) is 23.1. The van der Waals surface area contributed by atoms with Crippen molar-refractivity contribution in [2.24, 2.45) is 0 Å². The molecule has 0 aliphatic heterocycles. The van der Waals surface area contributed by atoms with Gasteiger partial charge < -0.3 is 9.47 Å². The smallest absolute Gasteiger partial charge is 0.0714 e. The van der Waals surface area contributed by atoms with Gasteiger partial charge in [-0.15, -0.1) is 0 Å². The summed E-state index contributed by atoms with van der Waals surface area (Å²) in [6.45, 7) is 4.86. The van der Waals surface area contributed by atoms with Crippen LogP contribution in [-0.4, -0.2) is 4.57 Å². The first-order valence-electron chi connectivity index (χ1n) is 23.1. The number of benzene rings is 10. The van der Waals surface area contributed by atoms with Crippen LogP contribution in [0.2, 0.25) is 0 Å². The van der Waals surface area contributed by atoms with Gasteiger partial charge in [-0.25, -0.2) is 0 Å². The third kappa shape index (κ3) is 5.55. The van der Waals surface area contributed by atoms with Crippen LogP contribution in [0, 0.1) is 0 Å². The number of para-hydroxylation sites is 4. The van der Waals surface area contributed by atoms with Gasteiger partial charge in [-0.1, -0.05) is 172 Å². The van der Waals surface area contributed by atoms with E-state index >= 15 is 0 Å². The summed E-state index contributed by atoms with van der Waals surface area (Å²) >= 11 is 0. The van der Waals surface area contributed by atoms with Crippen LogP contribution in [0.3, 0.4) is 0 Å². The van der Waals surface area contributed by atoms with Crippen molar-refractivity contribution in [3.63, 3.8) is 0 Å². The van der Waals surface area contributed by atoms with Crippen LogP contribution in [-0.2, 0) is 10.8 Å². The Balaban J connectivity index is 1.11. The monoisotopic (exact) mass is 842 g/mol. The summed E-state index contributed by atoms with van der Waals surface area (Å²) in [5.74, 6) is 0. The minimum absolute atomic E-state index is 0.216. The van der Waals surface area contributed by atoms with Gasteiger partial charge in [-0.2, -0.15) is 0 Å². The van der Waals surface area contributed by atoms with E-state index in [2.05, 4.69) is 266 Å². The Bertz CT molecular complexity index is 3430. The van der Waals surface area contributed by atoms with E-state index in [-0.39, 0.29) is 5.41 Å². The van der Waals surface area contributed by atoms with E-state index in [9.17, 15) is 0 Å². The number of aromatic nitrogens is 1. The van der Waals surface area contributed by atoms with Crippen molar-refractivity contribution in [3.8, 4) is 39.1 Å². The van der Waals surface area contributed by atoms with Gasteiger partial charge in [0.25, 0.3) is 0 Å². The maximum absolute atomic E-state index is 2.52. The summed E-state index contributed by atoms with van der Waals surface area (Å²) in [6, 6.07) is 90.0. The zero-order valence-corrected chi connectivity index (χ0v) is 37.0. The largest absolute Gasteiger partial charge is 0.311 e. The predicted octanol–water partition coefficient (Wildman–Crippen LogP) is 16.6. The summed E-state index contributed by atoms with van der Waals surface area (Å²) in [4.78, 5) is 2.36. The van der Waals surface area contributed by atoms with Gasteiger partial charge in [-0.3, -0.25) is 0 Å². The summed E-state index contributed by atoms with van der Waals surface area (Å²) < 4.78 is 2.43. The molecule has 11 aromatic rings. The van der Waals surface area contributed by atoms with Crippen LogP contribution in [0.15, 0.2) is 243 Å². The highest BCUT2D eigenvalue weighted by Gasteiger charge is 2.53. The third-order valence-electron chi connectivity index (χ3n) is 14.6. The minimum atomic E-state index is -0.650. The predicted molar refractivity (Wildman–Crippen MR) is 276 cm³/mol. The zero-order chi connectivity index (χ0) is 44.0. The van der Waals surface area contributed by atoms with E-state index in [1.54, 1.807) is 0 Å². The summed E-state index contributed by atoms with van der Waals surface area (Å²) in [7, 11) is 0. The maximum Gasteiger partial charge on any atom is 0.0714 e. The van der Waals surface area contributed by atoms with E-state index in [1.165, 1.54) is 88.6 Å². The normalized spacial score (nSPS) is 13.8. The van der Waals surface area contributed by atoms with E-state index in [1.807, 2.05) is 0 Å². The fraction of sp³-hybridized carbons (Fsp3) is 0.0625. The van der Waals surface area contributed by atoms with E-state index in [0.29, 0.717) is 0 Å². The molecule has 2 aliphatic carbocycles. The van der Waals surface area contributed by atoms with Crippen LogP contribution in [0.5, 0.6) is 0 Å². The minimum Gasteiger partial charge on any atom is -0.311 e. The van der Waals surface area contributed by atoms with Crippen molar-refractivity contribution in [3.05, 3.63) is 276 Å². The van der Waals surface area contributed by atoms with Crippen LogP contribution < -0.4 is 4.90 Å². The lowest BCUT2D eigenvalue weighted by atomic mass is 9.65. The molecule has 2 nitrogen and oxygen atoms in total. The Morgan fingerprint density at radius 1 is 0.333 bits per heavy atom. The lowest BCUT2D eigenvalue weighted by molar-refractivity contribution is 0.652. The molecule has 0 bridgehead atoms. The number of hydrogen-bond donors (Lipinski definition) is 0. The zero-order valence-electron chi connectivity index (χ0n) is 37.0. The molecule has 312 valence electrons. The van der Waals surface area contributed by atoms with Gasteiger partial charge in [-0.05, 0) is 152 Å². The second-order valence-electron chi connectivity index (χ2n) is 18.5. The molecule has 0 unspecified atom stereocenters. The summed E-state index contributed by atoms with van der Waals surface area (Å²) in [6.07, 6.45) is 0. The molecule has 0 fully saturated rings. The molecule has 2 heteroatoms. The van der Waals surface area contributed by atoms with Gasteiger partial charge in [0.15, 0.2) is 0 Å². The molecule has 1 aromatic heterocycles. The number of hydrogen-bond acceptors (Lipinski definition) is 1. The number of nitrogens with zero attached hydrogens (tertiary/aromatic N) is 2. The van der Waals surface area contributed by atoms with E-state index < -0.39 is 5.41 Å². The highest BCUT2D eigenvalue weighted by molar-refractivity contribution is 6.09. The standard InChI is InChI=1S/C64H46N2/c1-63(2)55-39-45(43-19-7-3-8-20-43)41-57-61(55)62-56(63)40-46(44-21-9-4-10-22-44)42-58(62)64(57,47-31-35-51(36-32-47)65(49-23-11-5-12-24-49)50-25-13-6-14-26-50)48-33-37-52(38-34-48)66-59-29-17-15-27-53(59)54-28-16-18-30-60(54)66/h3-42H,1-2H3. The Kier molecular flexibility index (Phi) is 8.51. The van der Waals surface area contributed by atoms with Crippen molar-refractivity contribution in [2.45, 2.75) is 24.7 Å². The Morgan fingerprint density at radius 3 is 1.15 bits per heavy atom. The number of anilines is 3. The van der Waals surface area contributed by atoms with Gasteiger partial charge in [0.05, 0.1) is 16.4 Å². The first-order chi connectivity index (χ1) is 32.5. The molecule has 2 aliphatic rings. The van der Waals surface area contributed by atoms with E-state index in [0.717, 1.165) is 22.7 Å². The Hall–Kier alpha value is -8.20. The molecule has 66 heavy (non-hydrogen) atoms. The second kappa shape index (κ2) is 14.7. The molecule has 0 atom stereocenters. The molecule has 0 N–H and O–H groups in total. The Labute approximate surface area is 386 Å². The first kappa shape index (κ1) is 38.3. The van der Waals surface area contributed by atoms with E-state index in [4.69, 9.17) is 0 Å². The van der Waals surface area contributed by atoms with Crippen molar-refractivity contribution >= 4 is 38.9 Å². The number of fused-ring (bicyclic) bond motifs is 3. The topological polar surface area (TPSA) is 8.17 Å². The molecule has 0 spiro atoms.